The molecule has 0 atom stereocenters. The average molecular weight is 294 g/mol. The SMILES string of the molecule is O=C(N/N=C\c1ccncc1)c1cc(Cl)ccc1Cl. The van der Waals surface area contributed by atoms with Crippen LogP contribution in [-0.2, 0) is 0 Å². The number of nitrogens with zero attached hydrogens (tertiary/aromatic N) is 2. The molecular weight excluding hydrogens is 285 g/mol. The van der Waals surface area contributed by atoms with Gasteiger partial charge in [0.15, 0.2) is 0 Å². The molecule has 1 amide bonds. The van der Waals surface area contributed by atoms with Gasteiger partial charge < -0.3 is 0 Å². The number of pyridine rings is 1. The third-order valence-electron chi connectivity index (χ3n) is 2.26. The van der Waals surface area contributed by atoms with Gasteiger partial charge in [0.1, 0.15) is 0 Å². The molecule has 0 radical (unpaired) electrons. The molecule has 0 saturated heterocycles. The standard InChI is InChI=1S/C13H9Cl2N3O/c14-10-1-2-12(15)11(7-10)13(19)18-17-8-9-3-5-16-6-4-9/h1-8H,(H,18,19)/b17-8-. The number of rotatable bonds is 3. The first-order valence-corrected chi connectivity index (χ1v) is 6.11. The quantitative estimate of drug-likeness (QED) is 0.698. The minimum Gasteiger partial charge on any atom is -0.267 e. The molecule has 0 aliphatic carbocycles. The summed E-state index contributed by atoms with van der Waals surface area (Å²) < 4.78 is 0. The van der Waals surface area contributed by atoms with Crippen LogP contribution in [0.5, 0.6) is 0 Å². The fourth-order valence-electron chi connectivity index (χ4n) is 1.35. The molecule has 6 heteroatoms. The van der Waals surface area contributed by atoms with Crippen molar-refractivity contribution >= 4 is 35.3 Å². The van der Waals surface area contributed by atoms with Crippen molar-refractivity contribution in [1.82, 2.24) is 10.4 Å². The molecule has 1 N–H and O–H groups in total. The number of carbonyl (C=O) groups excluding carboxylic acids is 1. The predicted octanol–water partition coefficient (Wildman–Crippen LogP) is 3.15. The van der Waals surface area contributed by atoms with E-state index in [0.717, 1.165) is 5.56 Å². The van der Waals surface area contributed by atoms with E-state index in [9.17, 15) is 4.79 Å². The van der Waals surface area contributed by atoms with Crippen LogP contribution >= 0.6 is 23.2 Å². The van der Waals surface area contributed by atoms with E-state index in [-0.39, 0.29) is 5.56 Å². The molecule has 1 aromatic heterocycles. The Morgan fingerprint density at radius 1 is 1.21 bits per heavy atom. The van der Waals surface area contributed by atoms with Crippen molar-refractivity contribution < 1.29 is 4.79 Å². The van der Waals surface area contributed by atoms with Gasteiger partial charge in [-0.15, -0.1) is 0 Å². The minimum atomic E-state index is -0.419. The van der Waals surface area contributed by atoms with Gasteiger partial charge in [-0.05, 0) is 35.9 Å². The molecule has 96 valence electrons. The lowest BCUT2D eigenvalue weighted by Gasteiger charge is -2.02. The number of carbonyl (C=O) groups is 1. The molecule has 1 aromatic carbocycles. The van der Waals surface area contributed by atoms with E-state index in [1.165, 1.54) is 12.3 Å². The van der Waals surface area contributed by atoms with E-state index in [4.69, 9.17) is 23.2 Å². The predicted molar refractivity (Wildman–Crippen MR) is 75.8 cm³/mol. The highest BCUT2D eigenvalue weighted by atomic mass is 35.5. The molecule has 0 aliphatic heterocycles. The summed E-state index contributed by atoms with van der Waals surface area (Å²) in [6.45, 7) is 0. The lowest BCUT2D eigenvalue weighted by atomic mass is 10.2. The summed E-state index contributed by atoms with van der Waals surface area (Å²) in [4.78, 5) is 15.7. The van der Waals surface area contributed by atoms with Crippen LogP contribution in [0.15, 0.2) is 47.8 Å². The Labute approximate surface area is 120 Å². The molecule has 0 bridgehead atoms. The van der Waals surface area contributed by atoms with Crippen LogP contribution in [0.2, 0.25) is 10.0 Å². The van der Waals surface area contributed by atoms with Gasteiger partial charge in [0.25, 0.3) is 5.91 Å². The Morgan fingerprint density at radius 2 is 1.95 bits per heavy atom. The fraction of sp³-hybridized carbons (Fsp3) is 0. The third-order valence-corrected chi connectivity index (χ3v) is 2.82. The number of nitrogens with one attached hydrogen (secondary N) is 1. The van der Waals surface area contributed by atoms with E-state index in [1.54, 1.807) is 36.7 Å². The fourth-order valence-corrected chi connectivity index (χ4v) is 1.72. The van der Waals surface area contributed by atoms with Gasteiger partial charge in [-0.3, -0.25) is 9.78 Å². The number of hydrogen-bond acceptors (Lipinski definition) is 3. The molecule has 2 aromatic rings. The largest absolute Gasteiger partial charge is 0.272 e. The molecular formula is C13H9Cl2N3O. The average Bonchev–Trinajstić information content (AvgIpc) is 2.42. The van der Waals surface area contributed by atoms with Crippen LogP contribution in [0.3, 0.4) is 0 Å². The summed E-state index contributed by atoms with van der Waals surface area (Å²) in [6, 6.07) is 8.19. The Bertz CT molecular complexity index is 615. The highest BCUT2D eigenvalue weighted by Crippen LogP contribution is 2.20. The molecule has 0 unspecified atom stereocenters. The van der Waals surface area contributed by atoms with Gasteiger partial charge in [0.05, 0.1) is 16.8 Å². The minimum absolute atomic E-state index is 0.279. The lowest BCUT2D eigenvalue weighted by molar-refractivity contribution is 0.0955. The number of benzene rings is 1. The third kappa shape index (κ3) is 3.77. The maximum absolute atomic E-state index is 11.8. The molecule has 4 nitrogen and oxygen atoms in total. The Morgan fingerprint density at radius 3 is 2.68 bits per heavy atom. The zero-order chi connectivity index (χ0) is 13.7. The first kappa shape index (κ1) is 13.5. The van der Waals surface area contributed by atoms with Crippen molar-refractivity contribution in [1.29, 1.82) is 0 Å². The Kier molecular flexibility index (Phi) is 4.49. The normalized spacial score (nSPS) is 10.6. The smallest absolute Gasteiger partial charge is 0.267 e. The highest BCUT2D eigenvalue weighted by molar-refractivity contribution is 6.35. The Balaban J connectivity index is 2.06. The maximum atomic E-state index is 11.8. The monoisotopic (exact) mass is 293 g/mol. The number of hydrogen-bond donors (Lipinski definition) is 1. The summed E-state index contributed by atoms with van der Waals surface area (Å²) in [7, 11) is 0. The van der Waals surface area contributed by atoms with Crippen LogP contribution in [0.1, 0.15) is 15.9 Å². The summed E-state index contributed by atoms with van der Waals surface area (Å²) in [5, 5.41) is 4.59. The second kappa shape index (κ2) is 6.31. The van der Waals surface area contributed by atoms with Crippen molar-refractivity contribution in [2.75, 3.05) is 0 Å². The van der Waals surface area contributed by atoms with Crippen LogP contribution in [0, 0.1) is 0 Å². The van der Waals surface area contributed by atoms with Gasteiger partial charge in [-0.2, -0.15) is 5.10 Å². The van der Waals surface area contributed by atoms with Crippen molar-refractivity contribution in [3.63, 3.8) is 0 Å². The molecule has 0 spiro atoms. The number of halogens is 2. The summed E-state index contributed by atoms with van der Waals surface area (Å²) in [5.41, 5.74) is 3.49. The summed E-state index contributed by atoms with van der Waals surface area (Å²) in [5.74, 6) is -0.419. The topological polar surface area (TPSA) is 54.4 Å². The lowest BCUT2D eigenvalue weighted by Crippen LogP contribution is -2.18. The second-order valence-corrected chi connectivity index (χ2v) is 4.45. The van der Waals surface area contributed by atoms with E-state index >= 15 is 0 Å². The van der Waals surface area contributed by atoms with Crippen molar-refractivity contribution in [2.45, 2.75) is 0 Å². The van der Waals surface area contributed by atoms with Crippen LogP contribution in [0.25, 0.3) is 0 Å². The van der Waals surface area contributed by atoms with Gasteiger partial charge in [-0.1, -0.05) is 23.2 Å². The highest BCUT2D eigenvalue weighted by Gasteiger charge is 2.09. The van der Waals surface area contributed by atoms with E-state index in [1.807, 2.05) is 0 Å². The van der Waals surface area contributed by atoms with Gasteiger partial charge in [-0.25, -0.2) is 5.43 Å². The van der Waals surface area contributed by atoms with Crippen molar-refractivity contribution in [3.05, 3.63) is 63.9 Å². The van der Waals surface area contributed by atoms with E-state index < -0.39 is 5.91 Å². The zero-order valence-corrected chi connectivity index (χ0v) is 11.2. The van der Waals surface area contributed by atoms with Crippen molar-refractivity contribution in [3.8, 4) is 0 Å². The molecule has 2 rings (SSSR count). The maximum Gasteiger partial charge on any atom is 0.272 e. The van der Waals surface area contributed by atoms with Crippen LogP contribution in [-0.4, -0.2) is 17.1 Å². The Hall–Kier alpha value is -1.91. The second-order valence-electron chi connectivity index (χ2n) is 3.60. The number of hydrazone groups is 1. The van der Waals surface area contributed by atoms with E-state index in [0.29, 0.717) is 10.0 Å². The van der Waals surface area contributed by atoms with Crippen molar-refractivity contribution in [2.24, 2.45) is 5.10 Å². The van der Waals surface area contributed by atoms with Gasteiger partial charge >= 0.3 is 0 Å². The summed E-state index contributed by atoms with van der Waals surface area (Å²) in [6.07, 6.45) is 4.78. The first-order valence-electron chi connectivity index (χ1n) is 5.35. The number of aromatic nitrogens is 1. The molecule has 1 heterocycles. The first-order chi connectivity index (χ1) is 9.16. The molecule has 19 heavy (non-hydrogen) atoms. The van der Waals surface area contributed by atoms with E-state index in [2.05, 4.69) is 15.5 Å². The summed E-state index contributed by atoms with van der Waals surface area (Å²) >= 11 is 11.7. The van der Waals surface area contributed by atoms with Crippen LogP contribution < -0.4 is 5.43 Å². The zero-order valence-electron chi connectivity index (χ0n) is 9.68. The molecule has 0 saturated carbocycles. The van der Waals surface area contributed by atoms with Gasteiger partial charge in [0, 0.05) is 17.4 Å². The molecule has 0 fully saturated rings. The number of amides is 1. The van der Waals surface area contributed by atoms with Crippen LogP contribution in [0.4, 0.5) is 0 Å². The van der Waals surface area contributed by atoms with Gasteiger partial charge in [0.2, 0.25) is 0 Å². The molecule has 0 aliphatic rings.